The molecule has 0 fully saturated rings. The summed E-state index contributed by atoms with van der Waals surface area (Å²) in [4.78, 5) is 11.6. The highest BCUT2D eigenvalue weighted by molar-refractivity contribution is 6.87. The third-order valence-electron chi connectivity index (χ3n) is 2.25. The van der Waals surface area contributed by atoms with Crippen LogP contribution in [-0.4, -0.2) is 31.1 Å². The van der Waals surface area contributed by atoms with Crippen LogP contribution in [0.1, 0.15) is 0 Å². The molecule has 0 aromatic carbocycles. The predicted molar refractivity (Wildman–Crippen MR) is 73.3 cm³/mol. The monoisotopic (exact) mass is 356 g/mol. The van der Waals surface area contributed by atoms with E-state index in [-0.39, 0.29) is 5.20 Å². The van der Waals surface area contributed by atoms with E-state index < -0.39 is 29.9 Å². The van der Waals surface area contributed by atoms with Gasteiger partial charge in [0.15, 0.2) is 0 Å². The number of carbonyl (C=O) groups is 1. The fourth-order valence-corrected chi connectivity index (χ4v) is 3.38. The zero-order chi connectivity index (χ0) is 15.6. The Balaban J connectivity index is 5.82. The van der Waals surface area contributed by atoms with Crippen molar-refractivity contribution in [1.29, 1.82) is 0 Å². The molecule has 0 amide bonds. The van der Waals surface area contributed by atoms with Crippen molar-refractivity contribution in [2.24, 2.45) is 5.92 Å². The molecule has 1 unspecified atom stereocenters. The van der Waals surface area contributed by atoms with Gasteiger partial charge in [-0.15, -0.1) is 0 Å². The first-order valence-electron chi connectivity index (χ1n) is 5.15. The SMILES string of the molecule is COC(=O)/C(=C/C(C(F)(F)Cl)C(F)(Cl)Cl)[Si](C)(C)C. The summed E-state index contributed by atoms with van der Waals surface area (Å²) in [6.07, 6.45) is 0.672. The Morgan fingerprint density at radius 2 is 1.63 bits per heavy atom. The summed E-state index contributed by atoms with van der Waals surface area (Å²) in [5, 5.41) is -4.11. The minimum absolute atomic E-state index is 0.0661. The highest BCUT2D eigenvalue weighted by Gasteiger charge is 2.51. The van der Waals surface area contributed by atoms with E-state index in [2.05, 4.69) is 4.74 Å². The maximum Gasteiger partial charge on any atom is 0.333 e. The first kappa shape index (κ1) is 19.1. The normalized spacial score (nSPS) is 16.2. The standard InChI is InChI=1S/C10H14Cl3F3O2Si/c1-18-8(17)6(19(2,3)4)5-7(9(11,12)14)10(13,15)16/h5,7H,1-4H3/b6-5-. The van der Waals surface area contributed by atoms with Crippen LogP contribution in [0.25, 0.3) is 0 Å². The van der Waals surface area contributed by atoms with E-state index in [1.165, 1.54) is 0 Å². The van der Waals surface area contributed by atoms with Gasteiger partial charge in [0.05, 0.1) is 15.2 Å². The predicted octanol–water partition coefficient (Wildman–Crippen LogP) is 4.51. The molecule has 0 rings (SSSR count). The molecule has 2 nitrogen and oxygen atoms in total. The zero-order valence-electron chi connectivity index (χ0n) is 10.7. The Morgan fingerprint density at radius 3 is 1.84 bits per heavy atom. The second kappa shape index (κ2) is 6.24. The third-order valence-corrected chi connectivity index (χ3v) is 4.94. The topological polar surface area (TPSA) is 26.3 Å². The second-order valence-electron chi connectivity index (χ2n) is 4.88. The van der Waals surface area contributed by atoms with Gasteiger partial charge < -0.3 is 4.74 Å². The van der Waals surface area contributed by atoms with E-state index in [1.54, 1.807) is 19.6 Å². The van der Waals surface area contributed by atoms with Crippen molar-refractivity contribution >= 4 is 48.8 Å². The van der Waals surface area contributed by atoms with E-state index in [4.69, 9.17) is 34.8 Å². The number of allylic oxidation sites excluding steroid dienone is 1. The van der Waals surface area contributed by atoms with Crippen molar-refractivity contribution in [2.45, 2.75) is 29.6 Å². The van der Waals surface area contributed by atoms with Crippen molar-refractivity contribution in [3.05, 3.63) is 11.3 Å². The first-order chi connectivity index (χ1) is 8.21. The Bertz CT molecular complexity index is 356. The Kier molecular flexibility index (Phi) is 6.27. The van der Waals surface area contributed by atoms with Gasteiger partial charge in [0.1, 0.15) is 5.92 Å². The van der Waals surface area contributed by atoms with Crippen LogP contribution in [0.4, 0.5) is 13.2 Å². The van der Waals surface area contributed by atoms with Gasteiger partial charge in [0.25, 0.3) is 4.59 Å². The minimum atomic E-state index is -4.04. The molecular formula is C10H14Cl3F3O2Si. The molecule has 0 aliphatic rings. The maximum atomic E-state index is 13.5. The van der Waals surface area contributed by atoms with Crippen molar-refractivity contribution < 1.29 is 22.7 Å². The molecule has 0 saturated carbocycles. The summed E-state index contributed by atoms with van der Waals surface area (Å²) in [6, 6.07) is 0. The van der Waals surface area contributed by atoms with Gasteiger partial charge in [-0.05, 0) is 11.6 Å². The van der Waals surface area contributed by atoms with E-state index in [0.717, 1.165) is 7.11 Å². The van der Waals surface area contributed by atoms with Crippen LogP contribution >= 0.6 is 34.8 Å². The van der Waals surface area contributed by atoms with Gasteiger partial charge in [-0.1, -0.05) is 48.9 Å². The summed E-state index contributed by atoms with van der Waals surface area (Å²) in [5.74, 6) is -3.20. The molecule has 0 aromatic heterocycles. The van der Waals surface area contributed by atoms with Crippen LogP contribution in [0.15, 0.2) is 11.3 Å². The smallest absolute Gasteiger partial charge is 0.333 e. The molecule has 0 heterocycles. The molecular weight excluding hydrogens is 344 g/mol. The van der Waals surface area contributed by atoms with Crippen LogP contribution in [-0.2, 0) is 9.53 Å². The molecule has 0 radical (unpaired) electrons. The molecule has 9 heteroatoms. The van der Waals surface area contributed by atoms with Gasteiger partial charge in [-0.3, -0.25) is 0 Å². The number of hydrogen-bond acceptors (Lipinski definition) is 2. The van der Waals surface area contributed by atoms with Crippen molar-refractivity contribution in [3.8, 4) is 0 Å². The Hall–Kier alpha value is 0.0869. The molecule has 0 bridgehead atoms. The fraction of sp³-hybridized carbons (Fsp3) is 0.700. The van der Waals surface area contributed by atoms with Gasteiger partial charge in [-0.2, -0.15) is 8.78 Å². The van der Waals surface area contributed by atoms with Gasteiger partial charge in [0, 0.05) is 5.20 Å². The number of hydrogen-bond donors (Lipinski definition) is 0. The van der Waals surface area contributed by atoms with Crippen LogP contribution in [0, 0.1) is 5.92 Å². The van der Waals surface area contributed by atoms with Gasteiger partial charge in [-0.25, -0.2) is 9.18 Å². The quantitative estimate of drug-likeness (QED) is 0.313. The Morgan fingerprint density at radius 1 is 1.21 bits per heavy atom. The molecule has 1 atom stereocenters. The molecule has 0 aliphatic heterocycles. The number of alkyl halides is 6. The van der Waals surface area contributed by atoms with Crippen molar-refractivity contribution in [3.63, 3.8) is 0 Å². The van der Waals surface area contributed by atoms with Gasteiger partial charge in [0.2, 0.25) is 0 Å². The molecule has 0 spiro atoms. The molecule has 19 heavy (non-hydrogen) atoms. The third kappa shape index (κ3) is 5.93. The van der Waals surface area contributed by atoms with Crippen LogP contribution in [0.3, 0.4) is 0 Å². The highest BCUT2D eigenvalue weighted by atomic mass is 35.5. The molecule has 0 saturated heterocycles. The average molecular weight is 358 g/mol. The number of ether oxygens (including phenoxy) is 1. The van der Waals surface area contributed by atoms with Crippen LogP contribution in [0.2, 0.25) is 19.6 Å². The number of rotatable bonds is 5. The lowest BCUT2D eigenvalue weighted by atomic mass is 10.1. The summed E-state index contributed by atoms with van der Waals surface area (Å²) in [5.41, 5.74) is 0. The second-order valence-corrected chi connectivity index (χ2v) is 11.7. The summed E-state index contributed by atoms with van der Waals surface area (Å²) in [6.45, 7) is 5.09. The highest BCUT2D eigenvalue weighted by Crippen LogP contribution is 2.45. The largest absolute Gasteiger partial charge is 0.466 e. The molecule has 112 valence electrons. The number of methoxy groups -OCH3 is 1. The van der Waals surface area contributed by atoms with E-state index >= 15 is 0 Å². The van der Waals surface area contributed by atoms with E-state index in [9.17, 15) is 18.0 Å². The van der Waals surface area contributed by atoms with E-state index in [0.29, 0.717) is 6.08 Å². The summed E-state index contributed by atoms with van der Waals surface area (Å²) >= 11 is 15.0. The first-order valence-corrected chi connectivity index (χ1v) is 9.78. The van der Waals surface area contributed by atoms with E-state index in [1.807, 2.05) is 0 Å². The lowest BCUT2D eigenvalue weighted by Crippen LogP contribution is -2.37. The van der Waals surface area contributed by atoms with Crippen molar-refractivity contribution in [1.82, 2.24) is 0 Å². The fourth-order valence-electron chi connectivity index (χ4n) is 1.28. The lowest BCUT2D eigenvalue weighted by Gasteiger charge is -2.27. The maximum absolute atomic E-state index is 13.5. The molecule has 0 aromatic rings. The summed E-state index contributed by atoms with van der Waals surface area (Å²) < 4.78 is 41.0. The Labute approximate surface area is 125 Å². The molecule has 0 aliphatic carbocycles. The number of halogens is 6. The zero-order valence-corrected chi connectivity index (χ0v) is 14.0. The average Bonchev–Trinajstić information content (AvgIpc) is 2.11. The van der Waals surface area contributed by atoms with Crippen molar-refractivity contribution in [2.75, 3.05) is 7.11 Å². The number of esters is 1. The van der Waals surface area contributed by atoms with Crippen LogP contribution in [0.5, 0.6) is 0 Å². The number of carbonyl (C=O) groups excluding carboxylic acids is 1. The summed E-state index contributed by atoms with van der Waals surface area (Å²) in [7, 11) is -1.29. The van der Waals surface area contributed by atoms with Crippen LogP contribution < -0.4 is 0 Å². The van der Waals surface area contributed by atoms with Gasteiger partial charge >= 0.3 is 11.4 Å². The minimum Gasteiger partial charge on any atom is -0.466 e. The molecule has 0 N–H and O–H groups in total. The lowest BCUT2D eigenvalue weighted by molar-refractivity contribution is -0.135.